The van der Waals surface area contributed by atoms with E-state index in [0.29, 0.717) is 0 Å². The molecule has 0 bridgehead atoms. The Bertz CT molecular complexity index is 343. The summed E-state index contributed by atoms with van der Waals surface area (Å²) in [5.74, 6) is 0.595. The minimum Gasteiger partial charge on any atom is -0.504 e. The molecule has 2 heteroatoms. The topological polar surface area (TPSA) is 40.5 Å². The van der Waals surface area contributed by atoms with E-state index in [9.17, 15) is 10.2 Å². The molecular formula is C13H20O2. The molecule has 84 valence electrons. The van der Waals surface area contributed by atoms with Gasteiger partial charge in [0.25, 0.3) is 0 Å². The Hall–Kier alpha value is -1.18. The molecule has 2 nitrogen and oxygen atoms in total. The van der Waals surface area contributed by atoms with Crippen LogP contribution in [0.2, 0.25) is 0 Å². The molecule has 1 rings (SSSR count). The monoisotopic (exact) mass is 208 g/mol. The molecule has 1 unspecified atom stereocenters. The summed E-state index contributed by atoms with van der Waals surface area (Å²) in [4.78, 5) is 0. The number of rotatable bonds is 3. The van der Waals surface area contributed by atoms with Gasteiger partial charge in [0.15, 0.2) is 11.5 Å². The summed E-state index contributed by atoms with van der Waals surface area (Å²) in [6.45, 7) is 8.11. The van der Waals surface area contributed by atoms with Gasteiger partial charge in [0.05, 0.1) is 0 Å². The molecule has 0 fully saturated rings. The van der Waals surface area contributed by atoms with Crippen LogP contribution in [0.25, 0.3) is 0 Å². The molecule has 2 N–H and O–H groups in total. The van der Waals surface area contributed by atoms with E-state index in [-0.39, 0.29) is 23.3 Å². The van der Waals surface area contributed by atoms with Crippen LogP contribution in [0.1, 0.15) is 57.1 Å². The van der Waals surface area contributed by atoms with E-state index >= 15 is 0 Å². The lowest BCUT2D eigenvalue weighted by Gasteiger charge is -2.16. The van der Waals surface area contributed by atoms with Crippen LogP contribution < -0.4 is 0 Å². The van der Waals surface area contributed by atoms with Crippen molar-refractivity contribution in [2.75, 3.05) is 0 Å². The Morgan fingerprint density at radius 3 is 1.93 bits per heavy atom. The van der Waals surface area contributed by atoms with Crippen LogP contribution >= 0.6 is 0 Å². The maximum atomic E-state index is 9.88. The molecule has 0 spiro atoms. The Morgan fingerprint density at radius 1 is 1.00 bits per heavy atom. The number of hydrogen-bond donors (Lipinski definition) is 2. The fourth-order valence-corrected chi connectivity index (χ4v) is 1.69. The quantitative estimate of drug-likeness (QED) is 0.743. The van der Waals surface area contributed by atoms with Gasteiger partial charge in [0.2, 0.25) is 0 Å². The summed E-state index contributed by atoms with van der Waals surface area (Å²) < 4.78 is 0. The second kappa shape index (κ2) is 4.56. The lowest BCUT2D eigenvalue weighted by Crippen LogP contribution is -1.95. The number of phenolic OH excluding ortho intramolecular Hbond substituents is 2. The van der Waals surface area contributed by atoms with Gasteiger partial charge in [0.1, 0.15) is 0 Å². The summed E-state index contributed by atoms with van der Waals surface area (Å²) in [6, 6.07) is 3.82. The summed E-state index contributed by atoms with van der Waals surface area (Å²) in [7, 11) is 0. The van der Waals surface area contributed by atoms with Crippen molar-refractivity contribution in [3.05, 3.63) is 23.3 Å². The van der Waals surface area contributed by atoms with Crippen molar-refractivity contribution in [3.63, 3.8) is 0 Å². The van der Waals surface area contributed by atoms with E-state index in [1.54, 1.807) is 0 Å². The highest BCUT2D eigenvalue weighted by Gasteiger charge is 2.16. The molecule has 0 amide bonds. The first-order valence-electron chi connectivity index (χ1n) is 5.53. The van der Waals surface area contributed by atoms with Gasteiger partial charge in [-0.2, -0.15) is 0 Å². The normalized spacial score (nSPS) is 13.1. The lowest BCUT2D eigenvalue weighted by atomic mass is 9.93. The Balaban J connectivity index is 3.21. The molecule has 1 aromatic rings. The largest absolute Gasteiger partial charge is 0.504 e. The van der Waals surface area contributed by atoms with Crippen LogP contribution in [0, 0.1) is 0 Å². The third kappa shape index (κ3) is 2.25. The van der Waals surface area contributed by atoms with Crippen molar-refractivity contribution < 1.29 is 10.2 Å². The fraction of sp³-hybridized carbons (Fsp3) is 0.538. The van der Waals surface area contributed by atoms with Crippen molar-refractivity contribution in [1.29, 1.82) is 0 Å². The van der Waals surface area contributed by atoms with Crippen LogP contribution in [0.5, 0.6) is 11.5 Å². The van der Waals surface area contributed by atoms with Crippen LogP contribution in [-0.4, -0.2) is 10.2 Å². The molecule has 0 heterocycles. The zero-order valence-corrected chi connectivity index (χ0v) is 9.91. The van der Waals surface area contributed by atoms with E-state index < -0.39 is 0 Å². The molecule has 0 saturated heterocycles. The summed E-state index contributed by atoms with van der Waals surface area (Å²) >= 11 is 0. The molecule has 0 aromatic heterocycles. The molecule has 15 heavy (non-hydrogen) atoms. The van der Waals surface area contributed by atoms with Crippen LogP contribution in [0.3, 0.4) is 0 Å². The molecule has 1 aromatic carbocycles. The molecule has 0 aliphatic heterocycles. The zero-order valence-electron chi connectivity index (χ0n) is 9.91. The van der Waals surface area contributed by atoms with E-state index in [2.05, 4.69) is 6.92 Å². The maximum absolute atomic E-state index is 9.88. The van der Waals surface area contributed by atoms with Gasteiger partial charge in [-0.3, -0.25) is 0 Å². The Kier molecular flexibility index (Phi) is 3.61. The molecule has 0 aliphatic rings. The number of benzene rings is 1. The van der Waals surface area contributed by atoms with E-state index in [1.807, 2.05) is 32.9 Å². The van der Waals surface area contributed by atoms with Gasteiger partial charge in [-0.1, -0.05) is 39.8 Å². The third-order valence-corrected chi connectivity index (χ3v) is 2.98. The highest BCUT2D eigenvalue weighted by atomic mass is 16.3. The lowest BCUT2D eigenvalue weighted by molar-refractivity contribution is 0.390. The van der Waals surface area contributed by atoms with E-state index in [4.69, 9.17) is 0 Å². The van der Waals surface area contributed by atoms with E-state index in [1.165, 1.54) is 0 Å². The van der Waals surface area contributed by atoms with Crippen molar-refractivity contribution in [3.8, 4) is 11.5 Å². The van der Waals surface area contributed by atoms with Gasteiger partial charge < -0.3 is 10.2 Å². The summed E-state index contributed by atoms with van der Waals surface area (Å²) in [5, 5.41) is 19.7. The molecule has 0 aliphatic carbocycles. The first kappa shape index (κ1) is 11.9. The van der Waals surface area contributed by atoms with Crippen LogP contribution in [0.15, 0.2) is 12.1 Å². The summed E-state index contributed by atoms with van der Waals surface area (Å²) in [6.07, 6.45) is 0.952. The highest BCUT2D eigenvalue weighted by molar-refractivity contribution is 5.52. The number of phenols is 2. The van der Waals surface area contributed by atoms with Crippen molar-refractivity contribution >= 4 is 0 Å². The first-order valence-corrected chi connectivity index (χ1v) is 5.53. The fourth-order valence-electron chi connectivity index (χ4n) is 1.69. The number of hydrogen-bond acceptors (Lipinski definition) is 2. The van der Waals surface area contributed by atoms with Crippen LogP contribution in [-0.2, 0) is 0 Å². The second-order valence-electron chi connectivity index (χ2n) is 4.41. The van der Waals surface area contributed by atoms with Gasteiger partial charge in [-0.25, -0.2) is 0 Å². The minimum atomic E-state index is 0.0443. The third-order valence-electron chi connectivity index (χ3n) is 2.98. The Morgan fingerprint density at radius 2 is 1.47 bits per heavy atom. The van der Waals surface area contributed by atoms with Gasteiger partial charge in [-0.15, -0.1) is 0 Å². The predicted molar refractivity (Wildman–Crippen MR) is 62.6 cm³/mol. The summed E-state index contributed by atoms with van der Waals surface area (Å²) in [5.41, 5.74) is 1.64. The average molecular weight is 208 g/mol. The molecular weight excluding hydrogens is 188 g/mol. The van der Waals surface area contributed by atoms with E-state index in [0.717, 1.165) is 17.5 Å². The standard InChI is InChI=1S/C13H20O2/c1-5-9(4)11-7-6-10(8(2)3)12(14)13(11)15/h6-9,14-15H,5H2,1-4H3. The van der Waals surface area contributed by atoms with Crippen molar-refractivity contribution in [2.24, 2.45) is 0 Å². The number of aromatic hydroxyl groups is 2. The molecule has 0 saturated carbocycles. The second-order valence-corrected chi connectivity index (χ2v) is 4.41. The molecule has 1 atom stereocenters. The maximum Gasteiger partial charge on any atom is 0.161 e. The van der Waals surface area contributed by atoms with Gasteiger partial charge in [0, 0.05) is 11.1 Å². The van der Waals surface area contributed by atoms with Crippen molar-refractivity contribution in [1.82, 2.24) is 0 Å². The minimum absolute atomic E-state index is 0.0443. The van der Waals surface area contributed by atoms with Gasteiger partial charge >= 0.3 is 0 Å². The molecule has 0 radical (unpaired) electrons. The van der Waals surface area contributed by atoms with Crippen molar-refractivity contribution in [2.45, 2.75) is 46.0 Å². The SMILES string of the molecule is CCC(C)c1ccc(C(C)C)c(O)c1O. The average Bonchev–Trinajstić information content (AvgIpc) is 2.20. The zero-order chi connectivity index (χ0) is 11.6. The highest BCUT2D eigenvalue weighted by Crippen LogP contribution is 2.40. The smallest absolute Gasteiger partial charge is 0.161 e. The predicted octanol–water partition coefficient (Wildman–Crippen LogP) is 3.73. The first-order chi connectivity index (χ1) is 6.99. The Labute approximate surface area is 91.6 Å². The van der Waals surface area contributed by atoms with Crippen LogP contribution in [0.4, 0.5) is 0 Å². The van der Waals surface area contributed by atoms with Gasteiger partial charge in [-0.05, 0) is 18.3 Å².